The summed E-state index contributed by atoms with van der Waals surface area (Å²) in [5.41, 5.74) is 6.02. The summed E-state index contributed by atoms with van der Waals surface area (Å²) in [6.45, 7) is 0. The summed E-state index contributed by atoms with van der Waals surface area (Å²) in [4.78, 5) is 10.3. The predicted molar refractivity (Wildman–Crippen MR) is 42.2 cm³/mol. The molecule has 1 aromatic carbocycles. The van der Waals surface area contributed by atoms with E-state index in [1.54, 1.807) is 0 Å². The van der Waals surface area contributed by atoms with Gasteiger partial charge in [0.2, 0.25) is 0 Å². The van der Waals surface area contributed by atoms with Crippen molar-refractivity contribution >= 4 is 11.7 Å². The molecule has 64 valence electrons. The number of aliphatic carboxylic acids is 1. The van der Waals surface area contributed by atoms with E-state index in [1.165, 1.54) is 12.1 Å². The number of hydrogen-bond acceptors (Lipinski definition) is 2. The van der Waals surface area contributed by atoms with Crippen molar-refractivity contribution in [1.29, 1.82) is 0 Å². The molecule has 0 saturated carbocycles. The van der Waals surface area contributed by atoms with Crippen LogP contribution in [0.1, 0.15) is 5.56 Å². The average molecular weight is 169 g/mol. The molecule has 0 aromatic heterocycles. The number of carbonyl (C=O) groups is 1. The zero-order chi connectivity index (χ0) is 9.14. The van der Waals surface area contributed by atoms with Crippen LogP contribution in [0.25, 0.3) is 0 Å². The van der Waals surface area contributed by atoms with Gasteiger partial charge < -0.3 is 10.8 Å². The SMILES string of the molecule is Nc1ccc(F)cc1CC(=O)O. The molecule has 1 rings (SSSR count). The zero-order valence-corrected chi connectivity index (χ0v) is 6.25. The molecule has 0 amide bonds. The maximum atomic E-state index is 12.5. The lowest BCUT2D eigenvalue weighted by Crippen LogP contribution is -2.03. The van der Waals surface area contributed by atoms with E-state index in [2.05, 4.69) is 0 Å². The number of anilines is 1. The number of halogens is 1. The van der Waals surface area contributed by atoms with Crippen molar-refractivity contribution in [2.24, 2.45) is 0 Å². The molecule has 0 spiro atoms. The summed E-state index contributed by atoms with van der Waals surface area (Å²) in [5, 5.41) is 8.40. The molecule has 0 aliphatic carbocycles. The highest BCUT2D eigenvalue weighted by atomic mass is 19.1. The molecule has 0 unspecified atom stereocenters. The summed E-state index contributed by atoms with van der Waals surface area (Å²) in [6.07, 6.45) is -0.246. The van der Waals surface area contributed by atoms with Crippen molar-refractivity contribution in [1.82, 2.24) is 0 Å². The summed E-state index contributed by atoms with van der Waals surface area (Å²) >= 11 is 0. The molecule has 12 heavy (non-hydrogen) atoms. The summed E-state index contributed by atoms with van der Waals surface area (Å²) in [7, 11) is 0. The van der Waals surface area contributed by atoms with Crippen LogP contribution in [0.2, 0.25) is 0 Å². The second-order valence-electron chi connectivity index (χ2n) is 2.41. The minimum atomic E-state index is -1.02. The average Bonchev–Trinajstić information content (AvgIpc) is 1.96. The van der Waals surface area contributed by atoms with Gasteiger partial charge in [-0.05, 0) is 23.8 Å². The zero-order valence-electron chi connectivity index (χ0n) is 6.25. The summed E-state index contributed by atoms with van der Waals surface area (Å²) in [5.74, 6) is -1.49. The topological polar surface area (TPSA) is 63.3 Å². The van der Waals surface area contributed by atoms with Crippen LogP contribution in [0.3, 0.4) is 0 Å². The molecule has 1 aromatic rings. The van der Waals surface area contributed by atoms with Crippen LogP contribution in [0, 0.1) is 5.82 Å². The van der Waals surface area contributed by atoms with Crippen LogP contribution in [0.4, 0.5) is 10.1 Å². The number of benzene rings is 1. The van der Waals surface area contributed by atoms with Crippen molar-refractivity contribution in [3.8, 4) is 0 Å². The second-order valence-corrected chi connectivity index (χ2v) is 2.41. The molecule has 0 radical (unpaired) electrons. The highest BCUT2D eigenvalue weighted by Gasteiger charge is 2.05. The van der Waals surface area contributed by atoms with Crippen molar-refractivity contribution in [3.63, 3.8) is 0 Å². The van der Waals surface area contributed by atoms with Gasteiger partial charge in [0, 0.05) is 5.69 Å². The fourth-order valence-corrected chi connectivity index (χ4v) is 0.890. The Morgan fingerprint density at radius 1 is 1.58 bits per heavy atom. The number of carboxylic acid groups (broad SMARTS) is 1. The first-order chi connectivity index (χ1) is 5.59. The molecule has 4 heteroatoms. The molecule has 3 N–H and O–H groups in total. The first kappa shape index (κ1) is 8.52. The number of nitrogens with two attached hydrogens (primary N) is 1. The van der Waals surface area contributed by atoms with Gasteiger partial charge in [-0.2, -0.15) is 0 Å². The van der Waals surface area contributed by atoms with E-state index >= 15 is 0 Å². The lowest BCUT2D eigenvalue weighted by Gasteiger charge is -2.01. The van der Waals surface area contributed by atoms with E-state index in [-0.39, 0.29) is 6.42 Å². The lowest BCUT2D eigenvalue weighted by atomic mass is 10.1. The first-order valence-corrected chi connectivity index (χ1v) is 3.35. The molecule has 0 aliphatic heterocycles. The number of hydrogen-bond donors (Lipinski definition) is 2. The number of nitrogen functional groups attached to an aromatic ring is 1. The second kappa shape index (κ2) is 3.21. The highest BCUT2D eigenvalue weighted by Crippen LogP contribution is 2.13. The van der Waals surface area contributed by atoms with E-state index in [0.717, 1.165) is 6.07 Å². The Morgan fingerprint density at radius 3 is 2.83 bits per heavy atom. The molecule has 0 atom stereocenters. The van der Waals surface area contributed by atoms with E-state index in [4.69, 9.17) is 10.8 Å². The lowest BCUT2D eigenvalue weighted by molar-refractivity contribution is -0.136. The Hall–Kier alpha value is -1.58. The van der Waals surface area contributed by atoms with Crippen LogP contribution in [0.5, 0.6) is 0 Å². The van der Waals surface area contributed by atoms with E-state index in [9.17, 15) is 9.18 Å². The predicted octanol–water partition coefficient (Wildman–Crippen LogP) is 1.04. The maximum absolute atomic E-state index is 12.5. The molecule has 0 fully saturated rings. The summed E-state index contributed by atoms with van der Waals surface area (Å²) < 4.78 is 12.5. The van der Waals surface area contributed by atoms with Crippen LogP contribution < -0.4 is 5.73 Å². The van der Waals surface area contributed by atoms with Crippen molar-refractivity contribution in [2.45, 2.75) is 6.42 Å². The van der Waals surface area contributed by atoms with Gasteiger partial charge in [-0.1, -0.05) is 0 Å². The molecule has 0 bridgehead atoms. The Balaban J connectivity index is 2.97. The molecule has 0 aliphatic rings. The minimum Gasteiger partial charge on any atom is -0.481 e. The van der Waals surface area contributed by atoms with Crippen LogP contribution in [-0.4, -0.2) is 11.1 Å². The number of rotatable bonds is 2. The van der Waals surface area contributed by atoms with E-state index in [0.29, 0.717) is 11.3 Å². The Morgan fingerprint density at radius 2 is 2.25 bits per heavy atom. The first-order valence-electron chi connectivity index (χ1n) is 3.35. The van der Waals surface area contributed by atoms with E-state index in [1.807, 2.05) is 0 Å². The smallest absolute Gasteiger partial charge is 0.307 e. The number of carboxylic acids is 1. The Kier molecular flexibility index (Phi) is 2.28. The molecule has 0 heterocycles. The third-order valence-corrected chi connectivity index (χ3v) is 1.45. The van der Waals surface area contributed by atoms with Gasteiger partial charge in [-0.3, -0.25) is 4.79 Å². The maximum Gasteiger partial charge on any atom is 0.307 e. The molecular weight excluding hydrogens is 161 g/mol. The third-order valence-electron chi connectivity index (χ3n) is 1.45. The highest BCUT2D eigenvalue weighted by molar-refractivity contribution is 5.72. The van der Waals surface area contributed by atoms with E-state index < -0.39 is 11.8 Å². The van der Waals surface area contributed by atoms with Crippen molar-refractivity contribution in [3.05, 3.63) is 29.6 Å². The molecule has 3 nitrogen and oxygen atoms in total. The van der Waals surface area contributed by atoms with Gasteiger partial charge in [0.25, 0.3) is 0 Å². The van der Waals surface area contributed by atoms with Gasteiger partial charge >= 0.3 is 5.97 Å². The van der Waals surface area contributed by atoms with Gasteiger partial charge in [-0.25, -0.2) is 4.39 Å². The standard InChI is InChI=1S/C8H8FNO2/c9-6-1-2-7(10)5(3-6)4-8(11)12/h1-3H,4,10H2,(H,11,12). The van der Waals surface area contributed by atoms with Crippen LogP contribution in [0.15, 0.2) is 18.2 Å². The summed E-state index contributed by atoms with van der Waals surface area (Å²) in [6, 6.07) is 3.68. The Bertz CT molecular complexity index is 312. The fourth-order valence-electron chi connectivity index (χ4n) is 0.890. The van der Waals surface area contributed by atoms with Crippen molar-refractivity contribution < 1.29 is 14.3 Å². The third kappa shape index (κ3) is 1.95. The quantitative estimate of drug-likeness (QED) is 0.650. The fraction of sp³-hybridized carbons (Fsp3) is 0.125. The van der Waals surface area contributed by atoms with Gasteiger partial charge in [-0.15, -0.1) is 0 Å². The van der Waals surface area contributed by atoms with Crippen LogP contribution in [-0.2, 0) is 11.2 Å². The van der Waals surface area contributed by atoms with Crippen molar-refractivity contribution in [2.75, 3.05) is 5.73 Å². The van der Waals surface area contributed by atoms with Crippen LogP contribution >= 0.6 is 0 Å². The minimum absolute atomic E-state index is 0.246. The van der Waals surface area contributed by atoms with Gasteiger partial charge in [0.1, 0.15) is 5.82 Å². The van der Waals surface area contributed by atoms with Gasteiger partial charge in [0.15, 0.2) is 0 Å². The van der Waals surface area contributed by atoms with Gasteiger partial charge in [0.05, 0.1) is 6.42 Å². The largest absolute Gasteiger partial charge is 0.481 e. The monoisotopic (exact) mass is 169 g/mol. The normalized spacial score (nSPS) is 9.75. The molecular formula is C8H8FNO2. The molecule has 0 saturated heterocycles. The Labute approximate surface area is 68.6 Å².